The number of amides is 1. The molecule has 1 N–H and O–H groups in total. The average molecular weight is 369 g/mol. The highest BCUT2D eigenvalue weighted by Crippen LogP contribution is 2.26. The number of hydrogen-bond acceptors (Lipinski definition) is 5. The number of anilines is 1. The zero-order chi connectivity index (χ0) is 19.9. The lowest BCUT2D eigenvalue weighted by molar-refractivity contribution is 0.102. The van der Waals surface area contributed by atoms with Crippen molar-refractivity contribution in [2.45, 2.75) is 47.2 Å². The van der Waals surface area contributed by atoms with Gasteiger partial charge in [0.05, 0.1) is 22.6 Å². The van der Waals surface area contributed by atoms with Crippen LogP contribution in [0.25, 0.3) is 11.1 Å². The average Bonchev–Trinajstić information content (AvgIpc) is 3.09. The third kappa shape index (κ3) is 3.07. The van der Waals surface area contributed by atoms with Gasteiger partial charge in [0, 0.05) is 12.6 Å². The van der Waals surface area contributed by atoms with Crippen molar-refractivity contribution in [2.75, 3.05) is 5.32 Å². The maximum atomic E-state index is 13.0. The van der Waals surface area contributed by atoms with Gasteiger partial charge in [-0.15, -0.1) is 6.58 Å². The van der Waals surface area contributed by atoms with Gasteiger partial charge in [-0.05, 0) is 34.6 Å². The monoisotopic (exact) mass is 369 g/mol. The van der Waals surface area contributed by atoms with Gasteiger partial charge in [-0.3, -0.25) is 18.8 Å². The van der Waals surface area contributed by atoms with Crippen LogP contribution in [0.15, 0.2) is 28.2 Å². The molecular weight excluding hydrogens is 346 g/mol. The molecule has 1 amide bonds. The van der Waals surface area contributed by atoms with Gasteiger partial charge in [-0.2, -0.15) is 5.10 Å². The maximum absolute atomic E-state index is 13.0. The summed E-state index contributed by atoms with van der Waals surface area (Å²) in [4.78, 5) is 29.9. The number of fused-ring (bicyclic) bond motifs is 1. The van der Waals surface area contributed by atoms with E-state index in [4.69, 9.17) is 4.42 Å². The third-order valence-corrected chi connectivity index (χ3v) is 4.46. The summed E-state index contributed by atoms with van der Waals surface area (Å²) in [6, 6.07) is 0.168. The summed E-state index contributed by atoms with van der Waals surface area (Å²) in [5.74, 6) is -0.0778. The van der Waals surface area contributed by atoms with E-state index in [2.05, 4.69) is 22.0 Å². The molecule has 3 aromatic heterocycles. The first kappa shape index (κ1) is 18.6. The number of allylic oxidation sites excluding steroid dienone is 1. The van der Waals surface area contributed by atoms with Crippen molar-refractivity contribution in [2.24, 2.45) is 0 Å². The second-order valence-electron chi connectivity index (χ2n) is 6.74. The van der Waals surface area contributed by atoms with Crippen LogP contribution in [0.5, 0.6) is 0 Å². The Morgan fingerprint density at radius 1 is 1.37 bits per heavy atom. The molecule has 27 heavy (non-hydrogen) atoms. The highest BCUT2D eigenvalue weighted by molar-refractivity contribution is 6.13. The van der Waals surface area contributed by atoms with Crippen molar-refractivity contribution >= 4 is 22.7 Å². The fraction of sp³-hybridized carbons (Fsp3) is 0.368. The standard InChI is InChI=1S/C19H23N5O3/c1-7-8-23-9-20-18-15(19(23)26)14(13(6)27-18)17(25)21-16-11(4)22-24(10(2)3)12(16)5/h7,9-10H,1,8H2,2-6H3,(H,21,25). The lowest BCUT2D eigenvalue weighted by Crippen LogP contribution is -2.22. The number of aromatic nitrogens is 4. The molecule has 3 aromatic rings. The van der Waals surface area contributed by atoms with Crippen LogP contribution in [0, 0.1) is 20.8 Å². The van der Waals surface area contributed by atoms with Crippen LogP contribution >= 0.6 is 0 Å². The Bertz CT molecular complexity index is 1100. The zero-order valence-electron chi connectivity index (χ0n) is 16.2. The molecule has 3 rings (SSSR count). The first-order valence-electron chi connectivity index (χ1n) is 8.72. The smallest absolute Gasteiger partial charge is 0.265 e. The minimum atomic E-state index is -0.420. The number of nitrogens with zero attached hydrogens (tertiary/aromatic N) is 4. The van der Waals surface area contributed by atoms with E-state index < -0.39 is 5.91 Å². The second-order valence-corrected chi connectivity index (χ2v) is 6.74. The number of carbonyl (C=O) groups excluding carboxylic acids is 1. The van der Waals surface area contributed by atoms with E-state index in [-0.39, 0.29) is 28.3 Å². The normalized spacial score (nSPS) is 11.3. The summed E-state index contributed by atoms with van der Waals surface area (Å²) < 4.78 is 8.78. The van der Waals surface area contributed by atoms with Gasteiger partial charge >= 0.3 is 0 Å². The summed E-state index contributed by atoms with van der Waals surface area (Å²) in [5, 5.41) is 7.53. The molecule has 0 fully saturated rings. The number of carbonyl (C=O) groups is 1. The molecule has 0 bridgehead atoms. The molecule has 0 aromatic carbocycles. The van der Waals surface area contributed by atoms with E-state index in [0.29, 0.717) is 23.7 Å². The van der Waals surface area contributed by atoms with Crippen molar-refractivity contribution in [3.63, 3.8) is 0 Å². The van der Waals surface area contributed by atoms with Crippen LogP contribution in [-0.2, 0) is 6.54 Å². The molecule has 0 aliphatic heterocycles. The maximum Gasteiger partial charge on any atom is 0.265 e. The molecule has 0 spiro atoms. The largest absolute Gasteiger partial charge is 0.442 e. The van der Waals surface area contributed by atoms with Crippen LogP contribution in [0.4, 0.5) is 5.69 Å². The van der Waals surface area contributed by atoms with Crippen LogP contribution in [0.3, 0.4) is 0 Å². The Morgan fingerprint density at radius 2 is 2.07 bits per heavy atom. The molecule has 0 atom stereocenters. The number of furan rings is 1. The Kier molecular flexibility index (Phi) is 4.73. The fourth-order valence-corrected chi connectivity index (χ4v) is 3.20. The summed E-state index contributed by atoms with van der Waals surface area (Å²) in [5.41, 5.74) is 2.20. The van der Waals surface area contributed by atoms with Gasteiger partial charge in [0.2, 0.25) is 5.71 Å². The van der Waals surface area contributed by atoms with E-state index in [1.54, 1.807) is 13.0 Å². The Hall–Kier alpha value is -3.16. The minimum Gasteiger partial charge on any atom is -0.442 e. The van der Waals surface area contributed by atoms with Gasteiger partial charge in [-0.25, -0.2) is 4.98 Å². The quantitative estimate of drug-likeness (QED) is 0.697. The molecular formula is C19H23N5O3. The van der Waals surface area contributed by atoms with Crippen molar-refractivity contribution in [3.8, 4) is 0 Å². The van der Waals surface area contributed by atoms with Crippen molar-refractivity contribution in [1.82, 2.24) is 19.3 Å². The Balaban J connectivity index is 2.09. The molecule has 0 radical (unpaired) electrons. The highest BCUT2D eigenvalue weighted by Gasteiger charge is 2.25. The summed E-state index contributed by atoms with van der Waals surface area (Å²) in [6.45, 7) is 13.3. The van der Waals surface area contributed by atoms with Crippen LogP contribution in [0.2, 0.25) is 0 Å². The van der Waals surface area contributed by atoms with Crippen LogP contribution in [0.1, 0.15) is 47.4 Å². The minimum absolute atomic E-state index is 0.147. The fourth-order valence-electron chi connectivity index (χ4n) is 3.20. The van der Waals surface area contributed by atoms with Gasteiger partial charge in [0.15, 0.2) is 0 Å². The molecule has 142 valence electrons. The van der Waals surface area contributed by atoms with Crippen LogP contribution < -0.4 is 10.9 Å². The first-order valence-corrected chi connectivity index (χ1v) is 8.72. The zero-order valence-corrected chi connectivity index (χ0v) is 16.2. The van der Waals surface area contributed by atoms with Crippen molar-refractivity contribution in [3.05, 3.63) is 52.0 Å². The molecule has 8 heteroatoms. The number of nitrogens with one attached hydrogen (secondary N) is 1. The van der Waals surface area contributed by atoms with E-state index in [1.165, 1.54) is 10.9 Å². The van der Waals surface area contributed by atoms with E-state index in [9.17, 15) is 9.59 Å². The van der Waals surface area contributed by atoms with Gasteiger partial charge in [-0.1, -0.05) is 6.08 Å². The molecule has 0 aliphatic carbocycles. The molecule has 0 aliphatic rings. The lowest BCUT2D eigenvalue weighted by Gasteiger charge is -2.09. The summed E-state index contributed by atoms with van der Waals surface area (Å²) in [7, 11) is 0. The van der Waals surface area contributed by atoms with Crippen LogP contribution in [-0.4, -0.2) is 25.2 Å². The number of rotatable bonds is 5. The predicted molar refractivity (Wildman–Crippen MR) is 103 cm³/mol. The van der Waals surface area contributed by atoms with E-state index in [0.717, 1.165) is 5.69 Å². The predicted octanol–water partition coefficient (Wildman–Crippen LogP) is 3.13. The Labute approximate surface area is 156 Å². The Morgan fingerprint density at radius 3 is 2.67 bits per heavy atom. The number of hydrogen-bond donors (Lipinski definition) is 1. The van der Waals surface area contributed by atoms with Gasteiger partial charge < -0.3 is 9.73 Å². The molecule has 8 nitrogen and oxygen atoms in total. The third-order valence-electron chi connectivity index (χ3n) is 4.46. The van der Waals surface area contributed by atoms with Crippen molar-refractivity contribution in [1.29, 1.82) is 0 Å². The molecule has 0 saturated heterocycles. The molecule has 3 heterocycles. The first-order chi connectivity index (χ1) is 12.8. The van der Waals surface area contributed by atoms with Crippen molar-refractivity contribution < 1.29 is 9.21 Å². The topological polar surface area (TPSA) is 94.9 Å². The summed E-state index contributed by atoms with van der Waals surface area (Å²) in [6.07, 6.45) is 2.98. The lowest BCUT2D eigenvalue weighted by atomic mass is 10.1. The van der Waals surface area contributed by atoms with E-state index in [1.807, 2.05) is 32.4 Å². The highest BCUT2D eigenvalue weighted by atomic mass is 16.3. The van der Waals surface area contributed by atoms with Gasteiger partial charge in [0.25, 0.3) is 11.5 Å². The molecule has 0 unspecified atom stereocenters. The second kappa shape index (κ2) is 6.86. The van der Waals surface area contributed by atoms with E-state index >= 15 is 0 Å². The SMILES string of the molecule is C=CCn1cnc2oc(C)c(C(=O)Nc3c(C)nn(C(C)C)c3C)c2c1=O. The number of aryl methyl sites for hydroxylation is 2. The van der Waals surface area contributed by atoms with Gasteiger partial charge in [0.1, 0.15) is 17.5 Å². The summed E-state index contributed by atoms with van der Waals surface area (Å²) >= 11 is 0. The molecule has 0 saturated carbocycles.